The van der Waals surface area contributed by atoms with Crippen LogP contribution >= 0.6 is 23.8 Å². The molecule has 3 rings (SSSR count). The number of H-pyrrole nitrogens is 1. The Bertz CT molecular complexity index is 955. The topological polar surface area (TPSA) is 84.0 Å². The minimum atomic E-state index is 0.0702. The van der Waals surface area contributed by atoms with E-state index >= 15 is 0 Å². The lowest BCUT2D eigenvalue weighted by molar-refractivity contribution is 0.474. The lowest BCUT2D eigenvalue weighted by Gasteiger charge is -2.03. The Kier molecular flexibility index (Phi) is 4.01. The highest BCUT2D eigenvalue weighted by atomic mass is 35.5. The summed E-state index contributed by atoms with van der Waals surface area (Å²) in [6, 6.07) is 6.63. The van der Waals surface area contributed by atoms with E-state index in [1.54, 1.807) is 16.8 Å². The van der Waals surface area contributed by atoms with Crippen molar-refractivity contribution in [3.63, 3.8) is 0 Å². The van der Waals surface area contributed by atoms with Gasteiger partial charge in [-0.15, -0.1) is 5.10 Å². The third kappa shape index (κ3) is 3.03. The molecule has 0 amide bonds. The molecule has 0 radical (unpaired) electrons. The third-order valence-corrected chi connectivity index (χ3v) is 3.63. The second kappa shape index (κ2) is 5.98. The molecule has 2 N–H and O–H groups in total. The van der Waals surface area contributed by atoms with Crippen molar-refractivity contribution in [1.29, 1.82) is 0 Å². The Morgan fingerprint density at radius 2 is 2.13 bits per heavy atom. The van der Waals surface area contributed by atoms with E-state index in [2.05, 4.69) is 20.4 Å². The van der Waals surface area contributed by atoms with Crippen LogP contribution in [0.3, 0.4) is 0 Å². The Morgan fingerprint density at radius 1 is 1.35 bits per heavy atom. The first-order valence-corrected chi connectivity index (χ1v) is 7.48. The SMILES string of the molecule is Cc1cc(C)n(-c2n[nH]c(=S)n2/N=C/c2cc(Cl)ccc2O)n1. The van der Waals surface area contributed by atoms with Crippen molar-refractivity contribution >= 4 is 30.0 Å². The molecule has 0 atom stereocenters. The second-order valence-electron chi connectivity index (χ2n) is 4.93. The zero-order chi connectivity index (χ0) is 16.6. The van der Waals surface area contributed by atoms with Gasteiger partial charge in [0, 0.05) is 16.3 Å². The van der Waals surface area contributed by atoms with Crippen LogP contribution in [0.25, 0.3) is 5.95 Å². The van der Waals surface area contributed by atoms with Gasteiger partial charge in [0.15, 0.2) is 0 Å². The largest absolute Gasteiger partial charge is 0.507 e. The van der Waals surface area contributed by atoms with Crippen molar-refractivity contribution in [2.75, 3.05) is 0 Å². The molecule has 0 fully saturated rings. The first kappa shape index (κ1) is 15.4. The smallest absolute Gasteiger partial charge is 0.271 e. The highest BCUT2D eigenvalue weighted by Crippen LogP contribution is 2.20. The maximum atomic E-state index is 9.84. The number of nitrogens with zero attached hydrogens (tertiary/aromatic N) is 5. The molecule has 118 valence electrons. The van der Waals surface area contributed by atoms with Gasteiger partial charge in [-0.2, -0.15) is 14.9 Å². The van der Waals surface area contributed by atoms with Gasteiger partial charge in [0.25, 0.3) is 5.95 Å². The predicted molar refractivity (Wildman–Crippen MR) is 90.1 cm³/mol. The molecule has 0 bridgehead atoms. The van der Waals surface area contributed by atoms with Crippen LogP contribution in [0.15, 0.2) is 29.4 Å². The minimum absolute atomic E-state index is 0.0702. The summed E-state index contributed by atoms with van der Waals surface area (Å²) in [5.41, 5.74) is 2.23. The molecule has 2 heterocycles. The molecular weight excluding hydrogens is 336 g/mol. The summed E-state index contributed by atoms with van der Waals surface area (Å²) in [4.78, 5) is 0. The Hall–Kier alpha value is -2.45. The van der Waals surface area contributed by atoms with E-state index in [4.69, 9.17) is 23.8 Å². The average molecular weight is 349 g/mol. The number of hydrogen-bond donors (Lipinski definition) is 2. The van der Waals surface area contributed by atoms with Gasteiger partial charge in [-0.1, -0.05) is 11.6 Å². The number of phenolic OH excluding ortho intramolecular Hbond substituents is 1. The van der Waals surface area contributed by atoms with Gasteiger partial charge < -0.3 is 5.11 Å². The highest BCUT2D eigenvalue weighted by Gasteiger charge is 2.11. The van der Waals surface area contributed by atoms with Crippen LogP contribution in [0.5, 0.6) is 5.75 Å². The van der Waals surface area contributed by atoms with Crippen LogP contribution in [0, 0.1) is 18.6 Å². The van der Waals surface area contributed by atoms with Crippen molar-refractivity contribution in [3.05, 3.63) is 51.0 Å². The van der Waals surface area contributed by atoms with E-state index in [9.17, 15) is 5.11 Å². The number of aromatic amines is 1. The molecule has 7 nitrogen and oxygen atoms in total. The van der Waals surface area contributed by atoms with E-state index in [1.807, 2.05) is 19.9 Å². The summed E-state index contributed by atoms with van der Waals surface area (Å²) in [5.74, 6) is 0.499. The number of aromatic nitrogens is 5. The standard InChI is InChI=1S/C14H13ClN6OS/c1-8-5-9(2)20(19-8)13-17-18-14(23)21(13)16-7-10-6-11(15)3-4-12(10)22/h3-7,22H,1-2H3,(H,18,23)/b16-7+. The van der Waals surface area contributed by atoms with E-state index in [0.717, 1.165) is 11.4 Å². The summed E-state index contributed by atoms with van der Waals surface area (Å²) in [6.45, 7) is 3.80. The fraction of sp³-hybridized carbons (Fsp3) is 0.143. The molecular formula is C14H13ClN6OS. The van der Waals surface area contributed by atoms with Crippen LogP contribution < -0.4 is 0 Å². The van der Waals surface area contributed by atoms with Gasteiger partial charge in [-0.3, -0.25) is 0 Å². The molecule has 0 saturated carbocycles. The monoisotopic (exact) mass is 348 g/mol. The van der Waals surface area contributed by atoms with Crippen molar-refractivity contribution in [3.8, 4) is 11.7 Å². The highest BCUT2D eigenvalue weighted by molar-refractivity contribution is 7.71. The number of aryl methyl sites for hydroxylation is 2. The number of halogens is 1. The van der Waals surface area contributed by atoms with Crippen molar-refractivity contribution in [1.82, 2.24) is 24.7 Å². The Morgan fingerprint density at radius 3 is 2.83 bits per heavy atom. The number of aromatic hydroxyl groups is 1. The molecule has 2 aromatic heterocycles. The number of rotatable bonds is 3. The zero-order valence-electron chi connectivity index (χ0n) is 12.4. The van der Waals surface area contributed by atoms with Gasteiger partial charge in [0.05, 0.1) is 11.9 Å². The maximum Gasteiger partial charge on any atom is 0.271 e. The van der Waals surface area contributed by atoms with Gasteiger partial charge in [-0.05, 0) is 50.3 Å². The summed E-state index contributed by atoms with van der Waals surface area (Å²) in [7, 11) is 0. The first-order chi connectivity index (χ1) is 11.0. The van der Waals surface area contributed by atoms with Crippen molar-refractivity contribution < 1.29 is 5.11 Å². The van der Waals surface area contributed by atoms with Crippen LogP contribution in [0.4, 0.5) is 0 Å². The van der Waals surface area contributed by atoms with E-state index in [1.165, 1.54) is 17.0 Å². The molecule has 23 heavy (non-hydrogen) atoms. The summed E-state index contributed by atoms with van der Waals surface area (Å²) < 4.78 is 3.37. The van der Waals surface area contributed by atoms with Crippen LogP contribution in [0.1, 0.15) is 17.0 Å². The van der Waals surface area contributed by atoms with E-state index < -0.39 is 0 Å². The second-order valence-corrected chi connectivity index (χ2v) is 5.75. The number of nitrogens with one attached hydrogen (secondary N) is 1. The fourth-order valence-corrected chi connectivity index (χ4v) is 2.46. The van der Waals surface area contributed by atoms with Gasteiger partial charge in [0.2, 0.25) is 4.77 Å². The predicted octanol–water partition coefficient (Wildman–Crippen LogP) is 2.98. The Labute approximate surface area is 141 Å². The maximum absolute atomic E-state index is 9.84. The van der Waals surface area contributed by atoms with E-state index in [-0.39, 0.29) is 5.75 Å². The first-order valence-electron chi connectivity index (χ1n) is 6.69. The molecule has 0 saturated heterocycles. The van der Waals surface area contributed by atoms with Gasteiger partial charge in [-0.25, -0.2) is 9.78 Å². The minimum Gasteiger partial charge on any atom is -0.507 e. The lowest BCUT2D eigenvalue weighted by Crippen LogP contribution is -2.07. The molecule has 0 aliphatic carbocycles. The van der Waals surface area contributed by atoms with Crippen LogP contribution in [0.2, 0.25) is 5.02 Å². The van der Waals surface area contributed by atoms with Crippen LogP contribution in [-0.2, 0) is 0 Å². The normalized spacial score (nSPS) is 11.4. The summed E-state index contributed by atoms with van der Waals surface area (Å²) in [5, 5.41) is 25.8. The Balaban J connectivity index is 2.06. The molecule has 0 aliphatic heterocycles. The van der Waals surface area contributed by atoms with Gasteiger partial charge in [0.1, 0.15) is 5.75 Å². The molecule has 1 aromatic carbocycles. The number of hydrogen-bond acceptors (Lipinski definition) is 5. The van der Waals surface area contributed by atoms with E-state index in [0.29, 0.717) is 21.3 Å². The van der Waals surface area contributed by atoms with Crippen LogP contribution in [-0.4, -0.2) is 36.0 Å². The average Bonchev–Trinajstić information content (AvgIpc) is 3.02. The molecule has 3 aromatic rings. The van der Waals surface area contributed by atoms with Gasteiger partial charge >= 0.3 is 0 Å². The lowest BCUT2D eigenvalue weighted by atomic mass is 10.2. The molecule has 9 heteroatoms. The molecule has 0 spiro atoms. The zero-order valence-corrected chi connectivity index (χ0v) is 13.9. The van der Waals surface area contributed by atoms with Crippen molar-refractivity contribution in [2.45, 2.75) is 13.8 Å². The third-order valence-electron chi connectivity index (χ3n) is 3.13. The molecule has 0 unspecified atom stereocenters. The summed E-state index contributed by atoms with van der Waals surface area (Å²) in [6.07, 6.45) is 1.46. The number of benzene rings is 1. The number of phenols is 1. The fourth-order valence-electron chi connectivity index (χ4n) is 2.10. The molecule has 0 aliphatic rings. The van der Waals surface area contributed by atoms with Crippen molar-refractivity contribution in [2.24, 2.45) is 5.10 Å². The summed E-state index contributed by atoms with van der Waals surface area (Å²) >= 11 is 11.1. The quantitative estimate of drug-likeness (QED) is 0.563.